The smallest absolute Gasteiger partial charge is 0.263 e. The Morgan fingerprint density at radius 2 is 1.87 bits per heavy atom. The number of nitrogens with one attached hydrogen (secondary N) is 1. The molecule has 0 radical (unpaired) electrons. The van der Waals surface area contributed by atoms with Gasteiger partial charge in [-0.1, -0.05) is 60.3 Å². The summed E-state index contributed by atoms with van der Waals surface area (Å²) in [5.41, 5.74) is 5.56. The highest BCUT2D eigenvalue weighted by Crippen LogP contribution is 2.31. The number of rotatable bonds is 7. The maximum atomic E-state index is 14.3. The highest BCUT2D eigenvalue weighted by atomic mass is 32.2. The molecule has 4 aromatic rings. The summed E-state index contributed by atoms with van der Waals surface area (Å²) in [7, 11) is 3.36. The summed E-state index contributed by atoms with van der Waals surface area (Å²) < 4.78 is 7.20. The van der Waals surface area contributed by atoms with Crippen LogP contribution in [0.3, 0.4) is 0 Å². The summed E-state index contributed by atoms with van der Waals surface area (Å²) in [5, 5.41) is 5.66. The number of para-hydroxylation sites is 1. The van der Waals surface area contributed by atoms with Crippen molar-refractivity contribution in [2.45, 2.75) is 13.0 Å². The molecule has 190 valence electrons. The number of pyridine rings is 1. The largest absolute Gasteiger partial charge is 0.497 e. The van der Waals surface area contributed by atoms with E-state index in [0.29, 0.717) is 16.9 Å². The zero-order chi connectivity index (χ0) is 26.6. The summed E-state index contributed by atoms with van der Waals surface area (Å²) in [6, 6.07) is 25.1. The molecule has 1 N–H and O–H groups in total. The van der Waals surface area contributed by atoms with Gasteiger partial charge in [0.2, 0.25) is 0 Å². The van der Waals surface area contributed by atoms with Crippen molar-refractivity contribution in [1.82, 2.24) is 9.88 Å². The average Bonchev–Trinajstić information content (AvgIpc) is 3.44. The first-order valence-electron chi connectivity index (χ1n) is 12.1. The quantitative estimate of drug-likeness (QED) is 0.303. The third-order valence-electron chi connectivity index (χ3n) is 6.40. The lowest BCUT2D eigenvalue weighted by Crippen LogP contribution is -2.29. The molecule has 38 heavy (non-hydrogen) atoms. The molecule has 8 heteroatoms. The number of aliphatic imine (C=N–C) groups is 3. The highest BCUT2D eigenvalue weighted by molar-refractivity contribution is 8.26. The molecule has 2 heterocycles. The van der Waals surface area contributed by atoms with E-state index in [2.05, 4.69) is 33.1 Å². The number of benzene rings is 3. The fraction of sp³-hybridized carbons (Fsp3) is 0.133. The molecule has 0 saturated carbocycles. The van der Waals surface area contributed by atoms with Gasteiger partial charge in [-0.2, -0.15) is 0 Å². The van der Waals surface area contributed by atoms with E-state index in [0.717, 1.165) is 38.7 Å². The van der Waals surface area contributed by atoms with E-state index in [9.17, 15) is 4.79 Å². The van der Waals surface area contributed by atoms with Crippen molar-refractivity contribution in [3.05, 3.63) is 106 Å². The maximum Gasteiger partial charge on any atom is 0.263 e. The second kappa shape index (κ2) is 10.9. The van der Waals surface area contributed by atoms with Gasteiger partial charge in [0.25, 0.3) is 5.56 Å². The molecule has 3 aromatic carbocycles. The van der Waals surface area contributed by atoms with E-state index < -0.39 is 0 Å². The number of hydrogen-bond donors (Lipinski definition) is 1. The normalized spacial score (nSPS) is 16.0. The third-order valence-corrected chi connectivity index (χ3v) is 7.21. The fourth-order valence-corrected chi connectivity index (χ4v) is 5.23. The Labute approximate surface area is 225 Å². The molecule has 0 fully saturated rings. The van der Waals surface area contributed by atoms with Gasteiger partial charge >= 0.3 is 0 Å². The SMILES string of the molecule is C=N/C(N[C@@H](C)c1cc2cccc(-c3cccc(OC)c3)c2c(=O)n1-c1ccccc1)=C1/N=CS/C1=N/C. The lowest BCUT2D eigenvalue weighted by atomic mass is 9.97. The van der Waals surface area contributed by atoms with Crippen molar-refractivity contribution in [1.29, 1.82) is 0 Å². The molecule has 0 aliphatic carbocycles. The standard InChI is InChI=1S/C30H27N5O2S/c1-19(34-28(31-2)27-29(32-3)38-18-33-27)25-17-21-11-9-15-24(20-10-8-14-23(16-20)37-4)26(21)30(36)35(25)22-12-6-5-7-13-22/h5-19,34H,2H2,1,3-4H3/b28-27-,32-29+/t19-/m0/s1. The first-order valence-corrected chi connectivity index (χ1v) is 13.0. The second-order valence-electron chi connectivity index (χ2n) is 8.65. The molecule has 1 atom stereocenters. The number of ether oxygens (including phenoxy) is 1. The number of thioether (sulfide) groups is 1. The average molecular weight is 522 g/mol. The Morgan fingerprint density at radius 1 is 1.08 bits per heavy atom. The Bertz CT molecular complexity index is 1670. The molecule has 0 unspecified atom stereocenters. The van der Waals surface area contributed by atoms with Gasteiger partial charge in [-0.3, -0.25) is 14.4 Å². The van der Waals surface area contributed by atoms with Gasteiger partial charge in [-0.05, 0) is 60.5 Å². The number of methoxy groups -OCH3 is 1. The van der Waals surface area contributed by atoms with Gasteiger partial charge in [0.1, 0.15) is 16.5 Å². The minimum atomic E-state index is -0.306. The molecule has 0 amide bonds. The number of aromatic nitrogens is 1. The summed E-state index contributed by atoms with van der Waals surface area (Å²) in [5.74, 6) is 1.24. The van der Waals surface area contributed by atoms with Gasteiger partial charge in [-0.25, -0.2) is 9.98 Å². The third kappa shape index (κ3) is 4.66. The predicted molar refractivity (Wildman–Crippen MR) is 159 cm³/mol. The van der Waals surface area contributed by atoms with E-state index in [1.807, 2.05) is 79.7 Å². The molecular weight excluding hydrogens is 494 g/mol. The molecule has 1 aliphatic heterocycles. The first-order chi connectivity index (χ1) is 18.5. The predicted octanol–water partition coefficient (Wildman–Crippen LogP) is 5.99. The van der Waals surface area contributed by atoms with Crippen LogP contribution in [0.1, 0.15) is 18.7 Å². The van der Waals surface area contributed by atoms with Crippen LogP contribution in [-0.2, 0) is 0 Å². The van der Waals surface area contributed by atoms with Crippen LogP contribution >= 0.6 is 11.8 Å². The maximum absolute atomic E-state index is 14.3. The topological polar surface area (TPSA) is 80.3 Å². The van der Waals surface area contributed by atoms with Gasteiger partial charge in [0, 0.05) is 18.4 Å². The fourth-order valence-electron chi connectivity index (χ4n) is 4.60. The van der Waals surface area contributed by atoms with Crippen molar-refractivity contribution in [2.75, 3.05) is 14.2 Å². The molecule has 0 saturated heterocycles. The van der Waals surface area contributed by atoms with Crippen molar-refractivity contribution < 1.29 is 4.74 Å². The molecular formula is C30H27N5O2S. The van der Waals surface area contributed by atoms with Gasteiger partial charge in [0.05, 0.1) is 24.1 Å². The van der Waals surface area contributed by atoms with Crippen molar-refractivity contribution in [3.8, 4) is 22.6 Å². The number of hydrogen-bond acceptors (Lipinski definition) is 7. The van der Waals surface area contributed by atoms with Crippen LogP contribution in [0.2, 0.25) is 0 Å². The Hall–Kier alpha value is -4.43. The summed E-state index contributed by atoms with van der Waals surface area (Å²) in [4.78, 5) is 27.2. The van der Waals surface area contributed by atoms with E-state index >= 15 is 0 Å². The van der Waals surface area contributed by atoms with E-state index in [1.165, 1.54) is 11.8 Å². The number of fused-ring (bicyclic) bond motifs is 1. The van der Waals surface area contributed by atoms with Gasteiger partial charge < -0.3 is 10.1 Å². The molecule has 7 nitrogen and oxygen atoms in total. The van der Waals surface area contributed by atoms with Crippen LogP contribution < -0.4 is 15.6 Å². The van der Waals surface area contributed by atoms with Crippen molar-refractivity contribution in [3.63, 3.8) is 0 Å². The zero-order valence-electron chi connectivity index (χ0n) is 21.4. The molecule has 1 aliphatic rings. The van der Waals surface area contributed by atoms with Crippen molar-refractivity contribution in [2.24, 2.45) is 15.0 Å². The Kier molecular flexibility index (Phi) is 7.24. The summed E-state index contributed by atoms with van der Waals surface area (Å²) in [6.07, 6.45) is 0. The Morgan fingerprint density at radius 3 is 2.61 bits per heavy atom. The lowest BCUT2D eigenvalue weighted by Gasteiger charge is -2.23. The van der Waals surface area contributed by atoms with E-state index in [1.54, 1.807) is 24.3 Å². The summed E-state index contributed by atoms with van der Waals surface area (Å²) >= 11 is 1.43. The van der Waals surface area contributed by atoms with Crippen LogP contribution in [0.4, 0.5) is 0 Å². The monoisotopic (exact) mass is 521 g/mol. The summed E-state index contributed by atoms with van der Waals surface area (Å²) in [6.45, 7) is 5.73. The zero-order valence-corrected chi connectivity index (χ0v) is 22.2. The van der Waals surface area contributed by atoms with Crippen molar-refractivity contribution >= 4 is 39.8 Å². The van der Waals surface area contributed by atoms with Crippen LogP contribution in [-0.4, -0.2) is 36.0 Å². The molecule has 0 bridgehead atoms. The molecule has 5 rings (SSSR count). The van der Waals surface area contributed by atoms with E-state index in [-0.39, 0.29) is 11.6 Å². The molecule has 0 spiro atoms. The first kappa shape index (κ1) is 25.2. The van der Waals surface area contributed by atoms with Crippen LogP contribution in [0.15, 0.2) is 110 Å². The van der Waals surface area contributed by atoms with Crippen LogP contribution in [0.25, 0.3) is 27.6 Å². The van der Waals surface area contributed by atoms with Gasteiger partial charge in [0.15, 0.2) is 5.82 Å². The van der Waals surface area contributed by atoms with Crippen LogP contribution in [0.5, 0.6) is 5.75 Å². The second-order valence-corrected chi connectivity index (χ2v) is 9.48. The molecule has 1 aromatic heterocycles. The number of nitrogens with zero attached hydrogens (tertiary/aromatic N) is 4. The van der Waals surface area contributed by atoms with E-state index in [4.69, 9.17) is 4.74 Å². The van der Waals surface area contributed by atoms with Gasteiger partial charge in [-0.15, -0.1) is 0 Å². The highest BCUT2D eigenvalue weighted by Gasteiger charge is 2.22. The minimum absolute atomic E-state index is 0.109. The lowest BCUT2D eigenvalue weighted by molar-refractivity contribution is 0.415. The minimum Gasteiger partial charge on any atom is -0.497 e. The van der Waals surface area contributed by atoms with Crippen LogP contribution in [0, 0.1) is 0 Å². The Balaban J connectivity index is 1.73.